The molecule has 2 N–H and O–H groups in total. The molecule has 0 saturated carbocycles. The highest BCUT2D eigenvalue weighted by molar-refractivity contribution is 8.18. The molecule has 2 heterocycles. The molecule has 0 radical (unpaired) electrons. The van der Waals surface area contributed by atoms with Gasteiger partial charge in [0.25, 0.3) is 5.91 Å². The van der Waals surface area contributed by atoms with Crippen LogP contribution < -0.4 is 10.5 Å². The Balaban J connectivity index is 1.85. The Morgan fingerprint density at radius 2 is 2.11 bits per heavy atom. The van der Waals surface area contributed by atoms with E-state index in [2.05, 4.69) is 16.0 Å². The van der Waals surface area contributed by atoms with Crippen LogP contribution in [0.5, 0.6) is 5.75 Å². The lowest BCUT2D eigenvalue weighted by Gasteiger charge is -2.11. The second kappa shape index (κ2) is 9.32. The van der Waals surface area contributed by atoms with E-state index in [4.69, 9.17) is 19.9 Å². The number of hydrogen-bond donors (Lipinski definition) is 1. The number of hydrogen-bond acceptors (Lipinski definition) is 8. The van der Waals surface area contributed by atoms with Gasteiger partial charge in [-0.2, -0.15) is 10.3 Å². The zero-order chi connectivity index (χ0) is 19.9. The molecule has 0 aliphatic carbocycles. The first-order valence-electron chi connectivity index (χ1n) is 8.42. The third-order valence-corrected chi connectivity index (χ3v) is 4.62. The molecule has 28 heavy (non-hydrogen) atoms. The zero-order valence-corrected chi connectivity index (χ0v) is 16.0. The summed E-state index contributed by atoms with van der Waals surface area (Å²) in [6, 6.07) is 7.55. The number of pyridine rings is 1. The monoisotopic (exact) mass is 398 g/mol. The number of nitrogens with two attached hydrogens (primary N) is 1. The van der Waals surface area contributed by atoms with Gasteiger partial charge in [0.1, 0.15) is 24.0 Å². The summed E-state index contributed by atoms with van der Waals surface area (Å²) < 4.78 is 16.1. The fraction of sp³-hybridized carbons (Fsp3) is 0.263. The first-order chi connectivity index (χ1) is 13.6. The number of fused-ring (bicyclic) bond motifs is 1. The number of ether oxygens (including phenoxy) is 3. The highest BCUT2D eigenvalue weighted by Crippen LogP contribution is 2.31. The number of nitriles is 1. The molecule has 8 nitrogen and oxygen atoms in total. The van der Waals surface area contributed by atoms with Crippen molar-refractivity contribution in [3.8, 4) is 11.8 Å². The van der Waals surface area contributed by atoms with E-state index >= 15 is 0 Å². The minimum Gasteiger partial charge on any atom is -0.489 e. The van der Waals surface area contributed by atoms with E-state index in [0.717, 1.165) is 17.3 Å². The van der Waals surface area contributed by atoms with Crippen LogP contribution in [-0.2, 0) is 14.3 Å². The van der Waals surface area contributed by atoms with Crippen LogP contribution in [0.2, 0.25) is 0 Å². The van der Waals surface area contributed by atoms with Crippen molar-refractivity contribution < 1.29 is 19.0 Å². The molecule has 3 rings (SSSR count). The molecule has 0 spiro atoms. The minimum absolute atomic E-state index is 0.225. The zero-order valence-electron chi connectivity index (χ0n) is 15.2. The topological polar surface area (TPSA) is 120 Å². The van der Waals surface area contributed by atoms with Crippen LogP contribution in [0.4, 0.5) is 0 Å². The maximum atomic E-state index is 11.8. The number of aliphatic imine (C=N–C) groups is 1. The first-order valence-corrected chi connectivity index (χ1v) is 9.24. The normalized spacial score (nSPS) is 15.1. The summed E-state index contributed by atoms with van der Waals surface area (Å²) in [5.74, 6) is 0.0698. The first kappa shape index (κ1) is 19.8. The number of nitrogens with zero attached hydrogens (tertiary/aromatic N) is 3. The third kappa shape index (κ3) is 4.67. The second-order valence-electron chi connectivity index (χ2n) is 5.71. The summed E-state index contributed by atoms with van der Waals surface area (Å²) in [6.07, 6.45) is 3.18. The van der Waals surface area contributed by atoms with Gasteiger partial charge in [0.05, 0.1) is 30.2 Å². The van der Waals surface area contributed by atoms with Crippen LogP contribution in [0, 0.1) is 11.3 Å². The number of carbonyl (C=O) groups is 1. The van der Waals surface area contributed by atoms with Gasteiger partial charge in [0.2, 0.25) is 0 Å². The highest BCUT2D eigenvalue weighted by atomic mass is 32.2. The number of aromatic nitrogens is 1. The maximum Gasteiger partial charge on any atom is 0.286 e. The molecule has 2 aromatic rings. The SMILES string of the molecule is COCCOCCOc1c(C#N)cnc2ccc(/C=C3\SC(N)=NC3=O)cc12. The standard InChI is InChI=1S/C19H18N4O4S/c1-25-4-5-26-6-7-27-17-13(10-20)11-22-15-3-2-12(8-14(15)17)9-16-18(24)23-19(21)28-16/h2-3,8-9,11H,4-7H2,1H3,(H2,21,23,24)/b16-9-. The van der Waals surface area contributed by atoms with Gasteiger partial charge in [-0.05, 0) is 35.5 Å². The Kier molecular flexibility index (Phi) is 6.60. The Morgan fingerprint density at radius 3 is 2.82 bits per heavy atom. The number of carbonyl (C=O) groups excluding carboxylic acids is 1. The molecule has 1 aromatic heterocycles. The van der Waals surface area contributed by atoms with Crippen LogP contribution in [0.1, 0.15) is 11.1 Å². The smallest absolute Gasteiger partial charge is 0.286 e. The van der Waals surface area contributed by atoms with Gasteiger partial charge in [-0.15, -0.1) is 0 Å². The molecule has 9 heteroatoms. The van der Waals surface area contributed by atoms with E-state index in [-0.39, 0.29) is 17.7 Å². The van der Waals surface area contributed by atoms with Crippen molar-refractivity contribution in [2.75, 3.05) is 33.5 Å². The maximum absolute atomic E-state index is 11.8. The van der Waals surface area contributed by atoms with Crippen LogP contribution in [0.15, 0.2) is 34.3 Å². The molecule has 0 fully saturated rings. The quantitative estimate of drug-likeness (QED) is 0.530. The molecular weight excluding hydrogens is 380 g/mol. The summed E-state index contributed by atoms with van der Waals surface area (Å²) in [7, 11) is 1.60. The molecule has 1 aromatic carbocycles. The average molecular weight is 398 g/mol. The Morgan fingerprint density at radius 1 is 1.29 bits per heavy atom. The minimum atomic E-state index is -0.365. The van der Waals surface area contributed by atoms with Crippen LogP contribution >= 0.6 is 11.8 Å². The number of amides is 1. The average Bonchev–Trinajstić information content (AvgIpc) is 3.01. The predicted molar refractivity (Wildman–Crippen MR) is 107 cm³/mol. The van der Waals surface area contributed by atoms with E-state index in [0.29, 0.717) is 46.9 Å². The lowest BCUT2D eigenvalue weighted by atomic mass is 10.1. The molecule has 0 unspecified atom stereocenters. The molecule has 144 valence electrons. The van der Waals surface area contributed by atoms with Crippen molar-refractivity contribution in [3.05, 3.63) is 40.4 Å². The highest BCUT2D eigenvalue weighted by Gasteiger charge is 2.19. The van der Waals surface area contributed by atoms with Crippen molar-refractivity contribution in [1.82, 2.24) is 4.98 Å². The molecule has 1 amide bonds. The van der Waals surface area contributed by atoms with E-state index in [9.17, 15) is 10.1 Å². The van der Waals surface area contributed by atoms with Crippen molar-refractivity contribution in [1.29, 1.82) is 5.26 Å². The van der Waals surface area contributed by atoms with Crippen molar-refractivity contribution in [2.45, 2.75) is 0 Å². The van der Waals surface area contributed by atoms with Gasteiger partial charge < -0.3 is 19.9 Å². The summed E-state index contributed by atoms with van der Waals surface area (Å²) in [6.45, 7) is 1.62. The van der Waals surface area contributed by atoms with E-state index in [1.165, 1.54) is 6.20 Å². The lowest BCUT2D eigenvalue weighted by molar-refractivity contribution is -0.113. The number of methoxy groups -OCH3 is 1. The summed E-state index contributed by atoms with van der Waals surface area (Å²) in [5.41, 5.74) is 7.35. The summed E-state index contributed by atoms with van der Waals surface area (Å²) in [5, 5.41) is 10.3. The van der Waals surface area contributed by atoms with E-state index in [1.807, 2.05) is 12.1 Å². The Labute approximate surface area is 166 Å². The third-order valence-electron chi connectivity index (χ3n) is 3.80. The molecule has 0 saturated heterocycles. The van der Waals surface area contributed by atoms with Crippen LogP contribution in [-0.4, -0.2) is 49.6 Å². The van der Waals surface area contributed by atoms with Gasteiger partial charge in [0, 0.05) is 18.7 Å². The number of rotatable bonds is 8. The summed E-state index contributed by atoms with van der Waals surface area (Å²) >= 11 is 1.12. The molecule has 0 bridgehead atoms. The fourth-order valence-electron chi connectivity index (χ4n) is 2.53. The molecule has 1 aliphatic heterocycles. The predicted octanol–water partition coefficient (Wildman–Crippen LogP) is 2.08. The van der Waals surface area contributed by atoms with Crippen molar-refractivity contribution in [2.24, 2.45) is 10.7 Å². The largest absolute Gasteiger partial charge is 0.489 e. The lowest BCUT2D eigenvalue weighted by Crippen LogP contribution is -2.10. The molecular formula is C19H18N4O4S. The van der Waals surface area contributed by atoms with E-state index in [1.54, 1.807) is 19.3 Å². The van der Waals surface area contributed by atoms with Gasteiger partial charge in [-0.25, -0.2) is 0 Å². The number of benzene rings is 1. The van der Waals surface area contributed by atoms with Crippen LogP contribution in [0.3, 0.4) is 0 Å². The summed E-state index contributed by atoms with van der Waals surface area (Å²) in [4.78, 5) is 20.2. The molecule has 1 aliphatic rings. The second-order valence-corrected chi connectivity index (χ2v) is 6.77. The van der Waals surface area contributed by atoms with Crippen LogP contribution in [0.25, 0.3) is 17.0 Å². The number of thioether (sulfide) groups is 1. The van der Waals surface area contributed by atoms with Gasteiger partial charge >= 0.3 is 0 Å². The van der Waals surface area contributed by atoms with Gasteiger partial charge in [0.15, 0.2) is 5.17 Å². The fourth-order valence-corrected chi connectivity index (χ4v) is 3.22. The molecule has 0 atom stereocenters. The Hall–Kier alpha value is -2.93. The van der Waals surface area contributed by atoms with Crippen molar-refractivity contribution in [3.63, 3.8) is 0 Å². The van der Waals surface area contributed by atoms with Gasteiger partial charge in [-0.1, -0.05) is 6.07 Å². The van der Waals surface area contributed by atoms with Crippen molar-refractivity contribution >= 4 is 39.8 Å². The van der Waals surface area contributed by atoms with Gasteiger partial charge in [-0.3, -0.25) is 9.78 Å². The van der Waals surface area contributed by atoms with E-state index < -0.39 is 0 Å². The number of amidine groups is 1. The Bertz CT molecular complexity index is 997.